The third-order valence-electron chi connectivity index (χ3n) is 4.32. The molecule has 1 fully saturated rings. The summed E-state index contributed by atoms with van der Waals surface area (Å²) in [6, 6.07) is 2.87. The number of pyridine rings is 1. The molecule has 7 heteroatoms. The van der Waals surface area contributed by atoms with Gasteiger partial charge in [0.15, 0.2) is 0 Å². The number of nitrogens with one attached hydrogen (secondary N) is 2. The van der Waals surface area contributed by atoms with Crippen LogP contribution in [0.2, 0.25) is 0 Å². The van der Waals surface area contributed by atoms with Crippen molar-refractivity contribution in [2.75, 3.05) is 6.54 Å². The van der Waals surface area contributed by atoms with Crippen molar-refractivity contribution in [3.8, 4) is 0 Å². The number of nitrogens with zero attached hydrogens (tertiary/aromatic N) is 2. The molecule has 1 aromatic heterocycles. The van der Waals surface area contributed by atoms with Crippen molar-refractivity contribution in [1.82, 2.24) is 20.5 Å². The van der Waals surface area contributed by atoms with Gasteiger partial charge in [0.2, 0.25) is 5.91 Å². The molecule has 0 bridgehead atoms. The van der Waals surface area contributed by atoms with Crippen molar-refractivity contribution in [1.29, 1.82) is 0 Å². The summed E-state index contributed by atoms with van der Waals surface area (Å²) in [7, 11) is 0. The molecule has 7 nitrogen and oxygen atoms in total. The minimum Gasteiger partial charge on any atom is -0.348 e. The maximum Gasteiger partial charge on any atom is 0.325 e. The molecule has 2 rings (SSSR count). The molecule has 4 amide bonds. The van der Waals surface area contributed by atoms with Crippen LogP contribution in [0.3, 0.4) is 0 Å². The van der Waals surface area contributed by atoms with Crippen molar-refractivity contribution in [2.45, 2.75) is 45.2 Å². The fourth-order valence-electron chi connectivity index (χ4n) is 2.70. The minimum atomic E-state index is -0.883. The molecule has 0 saturated carbocycles. The van der Waals surface area contributed by atoms with Crippen LogP contribution in [0.4, 0.5) is 4.79 Å². The van der Waals surface area contributed by atoms with E-state index in [9.17, 15) is 14.4 Å². The highest BCUT2D eigenvalue weighted by molar-refractivity contribution is 6.08. The Morgan fingerprint density at radius 2 is 2.09 bits per heavy atom. The minimum absolute atomic E-state index is 0.251. The second-order valence-electron chi connectivity index (χ2n) is 5.69. The summed E-state index contributed by atoms with van der Waals surface area (Å²) in [5, 5.41) is 5.48. The molecule has 1 unspecified atom stereocenters. The molecule has 0 aliphatic carbocycles. The Morgan fingerprint density at radius 1 is 1.39 bits per heavy atom. The number of carbonyl (C=O) groups is 3. The van der Waals surface area contributed by atoms with Crippen LogP contribution in [-0.2, 0) is 9.59 Å². The highest BCUT2D eigenvalue weighted by Gasteiger charge is 2.49. The average molecular weight is 318 g/mol. The first-order valence-electron chi connectivity index (χ1n) is 7.77. The predicted molar refractivity (Wildman–Crippen MR) is 84.4 cm³/mol. The number of urea groups is 1. The van der Waals surface area contributed by atoms with Gasteiger partial charge in [0.05, 0.1) is 6.04 Å². The zero-order chi connectivity index (χ0) is 17.0. The lowest BCUT2D eigenvalue weighted by Gasteiger charge is -2.23. The molecule has 1 atom stereocenters. The van der Waals surface area contributed by atoms with Crippen molar-refractivity contribution in [3.63, 3.8) is 0 Å². The first-order chi connectivity index (χ1) is 10.9. The fraction of sp³-hybridized carbons (Fsp3) is 0.500. The summed E-state index contributed by atoms with van der Waals surface area (Å²) >= 11 is 0. The number of rotatable bonds is 6. The van der Waals surface area contributed by atoms with Crippen LogP contribution in [-0.4, -0.2) is 39.8 Å². The number of imide groups is 1. The third-order valence-corrected chi connectivity index (χ3v) is 4.32. The van der Waals surface area contributed by atoms with E-state index in [0.717, 1.165) is 10.5 Å². The van der Waals surface area contributed by atoms with Crippen LogP contribution in [0, 0.1) is 0 Å². The van der Waals surface area contributed by atoms with Gasteiger partial charge in [0.1, 0.15) is 12.1 Å². The van der Waals surface area contributed by atoms with Gasteiger partial charge in [-0.1, -0.05) is 19.9 Å². The van der Waals surface area contributed by atoms with E-state index in [4.69, 9.17) is 0 Å². The molecule has 2 N–H and O–H groups in total. The van der Waals surface area contributed by atoms with E-state index < -0.39 is 11.6 Å². The van der Waals surface area contributed by atoms with Crippen LogP contribution in [0.5, 0.6) is 0 Å². The van der Waals surface area contributed by atoms with Gasteiger partial charge in [-0.05, 0) is 31.4 Å². The second-order valence-corrected chi connectivity index (χ2v) is 5.69. The Balaban J connectivity index is 2.00. The van der Waals surface area contributed by atoms with Crippen molar-refractivity contribution >= 4 is 17.8 Å². The standard InChI is InChI=1S/C16H22N4O3/c1-4-16(5-2)14(22)20(15(23)19-16)10-13(21)18-11(3)12-7-6-8-17-9-12/h6-9,11H,4-5,10H2,1-3H3,(H,18,21)(H,19,23). The number of hydrogen-bond acceptors (Lipinski definition) is 4. The quantitative estimate of drug-likeness (QED) is 0.775. The van der Waals surface area contributed by atoms with E-state index in [1.807, 2.05) is 26.8 Å². The van der Waals surface area contributed by atoms with Crippen LogP contribution in [0.1, 0.15) is 45.2 Å². The van der Waals surface area contributed by atoms with Crippen molar-refractivity contribution in [2.24, 2.45) is 0 Å². The Bertz CT molecular complexity index is 599. The first-order valence-corrected chi connectivity index (χ1v) is 7.77. The van der Waals surface area contributed by atoms with Crippen LogP contribution in [0.15, 0.2) is 24.5 Å². The predicted octanol–water partition coefficient (Wildman–Crippen LogP) is 1.37. The summed E-state index contributed by atoms with van der Waals surface area (Å²) in [5.74, 6) is -0.718. The van der Waals surface area contributed by atoms with Gasteiger partial charge >= 0.3 is 6.03 Å². The molecule has 1 aliphatic heterocycles. The maximum absolute atomic E-state index is 12.4. The zero-order valence-corrected chi connectivity index (χ0v) is 13.6. The second kappa shape index (κ2) is 6.76. The lowest BCUT2D eigenvalue weighted by molar-refractivity contribution is -0.135. The van der Waals surface area contributed by atoms with E-state index in [-0.39, 0.29) is 24.4 Å². The van der Waals surface area contributed by atoms with Gasteiger partial charge in [-0.2, -0.15) is 0 Å². The van der Waals surface area contributed by atoms with Gasteiger partial charge in [-0.15, -0.1) is 0 Å². The molecule has 0 radical (unpaired) electrons. The molecule has 0 aromatic carbocycles. The molecule has 1 saturated heterocycles. The highest BCUT2D eigenvalue weighted by Crippen LogP contribution is 2.24. The molecule has 1 aliphatic rings. The van der Waals surface area contributed by atoms with E-state index in [0.29, 0.717) is 12.8 Å². The zero-order valence-electron chi connectivity index (χ0n) is 13.6. The van der Waals surface area contributed by atoms with Gasteiger partial charge in [0.25, 0.3) is 5.91 Å². The molecule has 0 spiro atoms. The van der Waals surface area contributed by atoms with E-state index in [2.05, 4.69) is 15.6 Å². The van der Waals surface area contributed by atoms with Crippen molar-refractivity contribution < 1.29 is 14.4 Å². The monoisotopic (exact) mass is 318 g/mol. The Kier molecular flexibility index (Phi) is 4.98. The summed E-state index contributed by atoms with van der Waals surface area (Å²) in [4.78, 5) is 41.6. The van der Waals surface area contributed by atoms with Gasteiger partial charge in [0, 0.05) is 12.4 Å². The summed E-state index contributed by atoms with van der Waals surface area (Å²) < 4.78 is 0. The largest absolute Gasteiger partial charge is 0.348 e. The SMILES string of the molecule is CCC1(CC)NC(=O)N(CC(=O)NC(C)c2cccnc2)C1=O. The molecule has 124 valence electrons. The third kappa shape index (κ3) is 3.33. The summed E-state index contributed by atoms with van der Waals surface area (Å²) in [6.45, 7) is 5.23. The van der Waals surface area contributed by atoms with E-state index in [1.54, 1.807) is 18.5 Å². The fourth-order valence-corrected chi connectivity index (χ4v) is 2.70. The highest BCUT2D eigenvalue weighted by atomic mass is 16.2. The lowest BCUT2D eigenvalue weighted by Crippen LogP contribution is -2.46. The number of hydrogen-bond donors (Lipinski definition) is 2. The van der Waals surface area contributed by atoms with E-state index >= 15 is 0 Å². The maximum atomic E-state index is 12.4. The number of aromatic nitrogens is 1. The lowest BCUT2D eigenvalue weighted by atomic mass is 9.93. The summed E-state index contributed by atoms with van der Waals surface area (Å²) in [5.41, 5.74) is -0.0266. The molecule has 2 heterocycles. The van der Waals surface area contributed by atoms with Crippen LogP contribution >= 0.6 is 0 Å². The molecular formula is C16H22N4O3. The Hall–Kier alpha value is -2.44. The number of carbonyl (C=O) groups excluding carboxylic acids is 3. The van der Waals surface area contributed by atoms with Crippen molar-refractivity contribution in [3.05, 3.63) is 30.1 Å². The summed E-state index contributed by atoms with van der Waals surface area (Å²) in [6.07, 6.45) is 4.31. The first kappa shape index (κ1) is 16.9. The Morgan fingerprint density at radius 3 is 2.61 bits per heavy atom. The van der Waals surface area contributed by atoms with Crippen LogP contribution in [0.25, 0.3) is 0 Å². The normalized spacial score (nSPS) is 17.8. The smallest absolute Gasteiger partial charge is 0.325 e. The topological polar surface area (TPSA) is 91.4 Å². The van der Waals surface area contributed by atoms with E-state index in [1.165, 1.54) is 0 Å². The molecule has 1 aromatic rings. The number of amides is 4. The Labute approximate surface area is 135 Å². The average Bonchev–Trinajstić information content (AvgIpc) is 2.80. The van der Waals surface area contributed by atoms with Gasteiger partial charge in [-0.25, -0.2) is 4.79 Å². The molecular weight excluding hydrogens is 296 g/mol. The molecule has 23 heavy (non-hydrogen) atoms. The van der Waals surface area contributed by atoms with Gasteiger partial charge in [-0.3, -0.25) is 19.5 Å². The van der Waals surface area contributed by atoms with Gasteiger partial charge < -0.3 is 10.6 Å². The van der Waals surface area contributed by atoms with Crippen LogP contribution < -0.4 is 10.6 Å².